The molecule has 2 nitrogen and oxygen atoms in total. The van der Waals surface area contributed by atoms with Gasteiger partial charge in [-0.05, 0) is 5.92 Å². The minimum Gasteiger partial charge on any atom is -0.335 e. The van der Waals surface area contributed by atoms with Crippen LogP contribution in [0.25, 0.3) is 0 Å². The Kier molecular flexibility index (Phi) is 3.12. The molecule has 0 aromatic rings. The van der Waals surface area contributed by atoms with Gasteiger partial charge in [-0.25, -0.2) is 0 Å². The molecule has 0 saturated heterocycles. The lowest BCUT2D eigenvalue weighted by Crippen LogP contribution is -2.32. The molecular weight excluding hydrogens is 162 g/mol. The summed E-state index contributed by atoms with van der Waals surface area (Å²) in [6.45, 7) is 9.91. The van der Waals surface area contributed by atoms with Crippen molar-refractivity contribution in [1.29, 1.82) is 0 Å². The first-order valence-corrected chi connectivity index (χ1v) is 5.00. The van der Waals surface area contributed by atoms with Crippen LogP contribution in [0.4, 0.5) is 0 Å². The highest BCUT2D eigenvalue weighted by atomic mass is 16.2. The molecule has 1 amide bonds. The number of amides is 1. The summed E-state index contributed by atoms with van der Waals surface area (Å²) in [5.74, 6) is 0.969. The monoisotopic (exact) mass is 181 g/mol. The van der Waals surface area contributed by atoms with Gasteiger partial charge in [0.05, 0.1) is 0 Å². The van der Waals surface area contributed by atoms with E-state index in [1.54, 1.807) is 0 Å². The third-order valence-corrected chi connectivity index (χ3v) is 2.49. The van der Waals surface area contributed by atoms with E-state index in [2.05, 4.69) is 19.9 Å². The van der Waals surface area contributed by atoms with Crippen molar-refractivity contribution in [2.75, 3.05) is 13.1 Å². The molecule has 0 aliphatic carbocycles. The number of hydrogen-bond donors (Lipinski definition) is 0. The van der Waals surface area contributed by atoms with Crippen LogP contribution in [-0.4, -0.2) is 23.9 Å². The molecule has 0 aromatic carbocycles. The largest absolute Gasteiger partial charge is 0.335 e. The van der Waals surface area contributed by atoms with Gasteiger partial charge in [0.15, 0.2) is 0 Å². The maximum Gasteiger partial charge on any atom is 0.225 e. The van der Waals surface area contributed by atoms with Crippen LogP contribution in [0.1, 0.15) is 27.7 Å². The van der Waals surface area contributed by atoms with Crippen molar-refractivity contribution in [3.05, 3.63) is 11.6 Å². The van der Waals surface area contributed by atoms with E-state index < -0.39 is 0 Å². The standard InChI is InChI=1S/C11H19NO/c1-8(2)10-5-6-12(7-10)11(13)9(3)4/h5,8-9H,6-7H2,1-4H3. The average Bonchev–Trinajstić information content (AvgIpc) is 2.50. The molecule has 1 heterocycles. The number of carbonyl (C=O) groups excluding carboxylic acids is 1. The Morgan fingerprint density at radius 2 is 2.00 bits per heavy atom. The lowest BCUT2D eigenvalue weighted by molar-refractivity contribution is -0.133. The van der Waals surface area contributed by atoms with E-state index in [0.717, 1.165) is 13.1 Å². The number of carbonyl (C=O) groups is 1. The van der Waals surface area contributed by atoms with Crippen molar-refractivity contribution in [1.82, 2.24) is 4.90 Å². The first-order valence-electron chi connectivity index (χ1n) is 5.00. The van der Waals surface area contributed by atoms with Gasteiger partial charge >= 0.3 is 0 Å². The Hall–Kier alpha value is -0.790. The zero-order valence-corrected chi connectivity index (χ0v) is 9.00. The van der Waals surface area contributed by atoms with Crippen LogP contribution in [-0.2, 0) is 4.79 Å². The van der Waals surface area contributed by atoms with Crippen molar-refractivity contribution in [2.45, 2.75) is 27.7 Å². The van der Waals surface area contributed by atoms with Crippen LogP contribution in [0.2, 0.25) is 0 Å². The van der Waals surface area contributed by atoms with Gasteiger partial charge in [0.2, 0.25) is 5.91 Å². The second kappa shape index (κ2) is 3.95. The summed E-state index contributed by atoms with van der Waals surface area (Å²) in [7, 11) is 0. The molecule has 74 valence electrons. The van der Waals surface area contributed by atoms with Gasteiger partial charge in [-0.2, -0.15) is 0 Å². The van der Waals surface area contributed by atoms with Crippen LogP contribution in [0.5, 0.6) is 0 Å². The first kappa shape index (κ1) is 10.3. The van der Waals surface area contributed by atoms with Crippen LogP contribution in [0, 0.1) is 11.8 Å². The van der Waals surface area contributed by atoms with Gasteiger partial charge in [0, 0.05) is 19.0 Å². The highest BCUT2D eigenvalue weighted by molar-refractivity contribution is 5.79. The quantitative estimate of drug-likeness (QED) is 0.597. The molecule has 0 radical (unpaired) electrons. The molecule has 0 N–H and O–H groups in total. The van der Waals surface area contributed by atoms with E-state index in [1.165, 1.54) is 5.57 Å². The molecule has 0 unspecified atom stereocenters. The Bertz CT molecular complexity index is 228. The van der Waals surface area contributed by atoms with Gasteiger partial charge in [-0.1, -0.05) is 39.3 Å². The Labute approximate surface area is 80.6 Å². The van der Waals surface area contributed by atoms with Gasteiger partial charge in [-0.15, -0.1) is 0 Å². The summed E-state index contributed by atoms with van der Waals surface area (Å²) in [6.07, 6.45) is 2.19. The molecule has 0 aromatic heterocycles. The molecule has 0 spiro atoms. The molecule has 0 fully saturated rings. The van der Waals surface area contributed by atoms with E-state index in [0.29, 0.717) is 5.92 Å². The van der Waals surface area contributed by atoms with Gasteiger partial charge in [-0.3, -0.25) is 4.79 Å². The molecule has 0 bridgehead atoms. The molecule has 1 aliphatic heterocycles. The molecule has 0 saturated carbocycles. The molecule has 0 atom stereocenters. The lowest BCUT2D eigenvalue weighted by Gasteiger charge is -2.19. The second-order valence-corrected chi connectivity index (χ2v) is 4.31. The van der Waals surface area contributed by atoms with Gasteiger partial charge in [0.25, 0.3) is 0 Å². The fourth-order valence-corrected chi connectivity index (χ4v) is 1.53. The zero-order chi connectivity index (χ0) is 10.0. The Morgan fingerprint density at radius 3 is 2.38 bits per heavy atom. The maximum absolute atomic E-state index is 11.6. The van der Waals surface area contributed by atoms with E-state index in [1.807, 2.05) is 18.7 Å². The minimum atomic E-state index is 0.125. The van der Waals surface area contributed by atoms with Crippen LogP contribution in [0.3, 0.4) is 0 Å². The summed E-state index contributed by atoms with van der Waals surface area (Å²) in [6, 6.07) is 0. The smallest absolute Gasteiger partial charge is 0.225 e. The fourth-order valence-electron chi connectivity index (χ4n) is 1.53. The van der Waals surface area contributed by atoms with Gasteiger partial charge < -0.3 is 4.90 Å². The third kappa shape index (κ3) is 2.33. The van der Waals surface area contributed by atoms with E-state index in [-0.39, 0.29) is 11.8 Å². The van der Waals surface area contributed by atoms with Gasteiger partial charge in [0.1, 0.15) is 0 Å². The predicted octanol–water partition coefficient (Wildman–Crippen LogP) is 2.07. The number of hydrogen-bond acceptors (Lipinski definition) is 1. The van der Waals surface area contributed by atoms with Crippen molar-refractivity contribution in [3.63, 3.8) is 0 Å². The Morgan fingerprint density at radius 1 is 1.38 bits per heavy atom. The van der Waals surface area contributed by atoms with Crippen LogP contribution >= 0.6 is 0 Å². The minimum absolute atomic E-state index is 0.125. The molecule has 1 aliphatic rings. The highest BCUT2D eigenvalue weighted by Gasteiger charge is 2.22. The van der Waals surface area contributed by atoms with Crippen molar-refractivity contribution in [3.8, 4) is 0 Å². The summed E-state index contributed by atoms with van der Waals surface area (Å²) < 4.78 is 0. The van der Waals surface area contributed by atoms with Crippen LogP contribution < -0.4 is 0 Å². The highest BCUT2D eigenvalue weighted by Crippen LogP contribution is 2.18. The van der Waals surface area contributed by atoms with Crippen molar-refractivity contribution < 1.29 is 4.79 Å². The predicted molar refractivity (Wildman–Crippen MR) is 54.3 cm³/mol. The lowest BCUT2D eigenvalue weighted by atomic mass is 10.1. The number of rotatable bonds is 2. The third-order valence-electron chi connectivity index (χ3n) is 2.49. The molecule has 2 heteroatoms. The first-order chi connectivity index (χ1) is 6.02. The Balaban J connectivity index is 2.50. The number of nitrogens with zero attached hydrogens (tertiary/aromatic N) is 1. The summed E-state index contributed by atoms with van der Waals surface area (Å²) in [4.78, 5) is 13.5. The van der Waals surface area contributed by atoms with Crippen molar-refractivity contribution in [2.24, 2.45) is 11.8 Å². The molecular formula is C11H19NO. The maximum atomic E-state index is 11.6. The zero-order valence-electron chi connectivity index (χ0n) is 9.00. The second-order valence-electron chi connectivity index (χ2n) is 4.31. The molecule has 1 rings (SSSR count). The SMILES string of the molecule is CC(C)C(=O)N1CC=C(C(C)C)C1. The van der Waals surface area contributed by atoms with E-state index in [9.17, 15) is 4.79 Å². The molecule has 13 heavy (non-hydrogen) atoms. The van der Waals surface area contributed by atoms with E-state index >= 15 is 0 Å². The summed E-state index contributed by atoms with van der Waals surface area (Å²) >= 11 is 0. The topological polar surface area (TPSA) is 20.3 Å². The average molecular weight is 181 g/mol. The van der Waals surface area contributed by atoms with E-state index in [4.69, 9.17) is 0 Å². The summed E-state index contributed by atoms with van der Waals surface area (Å²) in [5, 5.41) is 0. The fraction of sp³-hybridized carbons (Fsp3) is 0.727. The normalized spacial score (nSPS) is 17.1. The van der Waals surface area contributed by atoms with Crippen molar-refractivity contribution >= 4 is 5.91 Å². The van der Waals surface area contributed by atoms with Crippen LogP contribution in [0.15, 0.2) is 11.6 Å². The summed E-state index contributed by atoms with van der Waals surface area (Å²) in [5.41, 5.74) is 1.40.